The number of hydrogen-bond donors (Lipinski definition) is 4. The van der Waals surface area contributed by atoms with Crippen LogP contribution >= 0.6 is 0 Å². The third-order valence-electron chi connectivity index (χ3n) is 0. The van der Waals surface area contributed by atoms with Gasteiger partial charge in [0.2, 0.25) is 0 Å². The van der Waals surface area contributed by atoms with Gasteiger partial charge >= 0.3 is 82.6 Å². The van der Waals surface area contributed by atoms with Crippen LogP contribution in [0.25, 0.3) is 0 Å². The van der Waals surface area contributed by atoms with E-state index < -0.39 is 24.9 Å². The maximum atomic E-state index is 8.76. The molecule has 4 N–H and O–H groups in total. The van der Waals surface area contributed by atoms with Crippen LogP contribution in [0.2, 0.25) is 0 Å². The Morgan fingerprint density at radius 1 is 1.20 bits per heavy atom. The zero-order valence-corrected chi connectivity index (χ0v) is 10.5. The van der Waals surface area contributed by atoms with Gasteiger partial charge in [-0.3, -0.25) is 9.11 Å². The fourth-order valence-electron chi connectivity index (χ4n) is 0. The monoisotopic (exact) mass is 318 g/mol. The molecule has 0 unspecified atom stereocenters. The molecule has 0 aromatic rings. The van der Waals surface area contributed by atoms with Gasteiger partial charge in [0, 0.05) is 0 Å². The van der Waals surface area contributed by atoms with E-state index in [9.17, 15) is 0 Å². The minimum Gasteiger partial charge on any atom is -1.00 e. The zero-order chi connectivity index (χ0) is 8.08. The van der Waals surface area contributed by atoms with Crippen LogP contribution in [0.5, 0.6) is 0 Å². The molecule has 10 heavy (non-hydrogen) atoms. The maximum Gasteiger partial charge on any atom is 2.00 e. The average molecular weight is 317 g/mol. The second-order valence-corrected chi connectivity index (χ2v) is 2.54. The Morgan fingerprint density at radius 3 is 1.20 bits per heavy atom. The van der Waals surface area contributed by atoms with E-state index >= 15 is 0 Å². The first-order chi connectivity index (χ1) is 3.73. The predicted molar refractivity (Wildman–Crippen MR) is 33.0 cm³/mol. The van der Waals surface area contributed by atoms with Gasteiger partial charge < -0.3 is 2.85 Å². The summed E-state index contributed by atoms with van der Waals surface area (Å²) in [7, 11) is -4.67. The predicted octanol–water partition coefficient (Wildman–Crippen LogP) is -2.42. The van der Waals surface area contributed by atoms with Crippen LogP contribution in [0.15, 0.2) is 0 Å². The normalized spacial score (nSPS) is 9.30. The summed E-state index contributed by atoms with van der Waals surface area (Å²) < 4.78 is 54.7. The molecule has 0 saturated heterocycles. The molecular formula is H6O7SSeSr. The van der Waals surface area contributed by atoms with E-state index in [1.165, 1.54) is 0 Å². The third-order valence-corrected chi connectivity index (χ3v) is 0. The first-order valence-corrected chi connectivity index (χ1v) is 4.86. The molecule has 0 rings (SSSR count). The Balaban J connectivity index is -0.0000000221. The molecule has 0 bridgehead atoms. The molecule has 7 nitrogen and oxygen atoms in total. The molecule has 10 heteroatoms. The molecule has 0 aromatic carbocycles. The zero-order valence-electron chi connectivity index (χ0n) is 6.54. The smallest absolute Gasteiger partial charge is 1.00 e. The Kier molecular flexibility index (Phi) is 15.3. The minimum atomic E-state index is -4.67. The third kappa shape index (κ3) is 280. The van der Waals surface area contributed by atoms with Gasteiger partial charge in [-0.25, -0.2) is 0 Å². The van der Waals surface area contributed by atoms with E-state index in [4.69, 9.17) is 29.7 Å². The summed E-state index contributed by atoms with van der Waals surface area (Å²) in [6.45, 7) is 0. The second-order valence-electron chi connectivity index (χ2n) is 0.679. The first-order valence-electron chi connectivity index (χ1n) is 1.23. The van der Waals surface area contributed by atoms with Crippen molar-refractivity contribution in [2.45, 2.75) is 0 Å². The molecule has 0 heterocycles. The average Bonchev–Trinajstić information content (AvgIpc) is 1.19. The summed E-state index contributed by atoms with van der Waals surface area (Å²) in [4.78, 5) is 0. The van der Waals surface area contributed by atoms with Crippen molar-refractivity contribution in [2.24, 2.45) is 0 Å². The molecular weight excluding hydrogens is 311 g/mol. The molecule has 62 valence electrons. The fraction of sp³-hybridized carbons (Fsp3) is 0. The standard InChI is InChI=1S/H2O4S.H2O3Se.Sr.2H/c1-5(2,3)4;1-4(2)3;;;/h(H2,1,2,3,4);(H2,1,2,3);;;/q;;+2;2*-1. The quantitative estimate of drug-likeness (QED) is 0.289. The van der Waals surface area contributed by atoms with Gasteiger partial charge in [-0.2, -0.15) is 8.42 Å². The van der Waals surface area contributed by atoms with Crippen LogP contribution in [-0.2, 0) is 14.2 Å². The van der Waals surface area contributed by atoms with Crippen molar-refractivity contribution >= 4 is 70.4 Å². The Morgan fingerprint density at radius 2 is 1.20 bits per heavy atom. The van der Waals surface area contributed by atoms with E-state index in [-0.39, 0.29) is 48.3 Å². The van der Waals surface area contributed by atoms with Gasteiger partial charge in [-0.15, -0.1) is 0 Å². The van der Waals surface area contributed by atoms with Gasteiger partial charge in [0.15, 0.2) is 0 Å². The van der Waals surface area contributed by atoms with E-state index in [0.29, 0.717) is 0 Å². The summed E-state index contributed by atoms with van der Waals surface area (Å²) in [5, 5.41) is 0. The molecule has 0 radical (unpaired) electrons. The van der Waals surface area contributed by atoms with Gasteiger partial charge in [0.05, 0.1) is 0 Å². The van der Waals surface area contributed by atoms with Crippen molar-refractivity contribution in [2.75, 3.05) is 0 Å². The minimum absolute atomic E-state index is 0. The van der Waals surface area contributed by atoms with Gasteiger partial charge in [0.1, 0.15) is 0 Å². The maximum absolute atomic E-state index is 8.76. The van der Waals surface area contributed by atoms with Crippen LogP contribution in [0.4, 0.5) is 0 Å². The molecule has 0 spiro atoms. The molecule has 0 aromatic heterocycles. The van der Waals surface area contributed by atoms with Crippen molar-refractivity contribution in [3.05, 3.63) is 0 Å². The van der Waals surface area contributed by atoms with Crippen molar-refractivity contribution in [3.63, 3.8) is 0 Å². The van der Waals surface area contributed by atoms with Crippen LogP contribution in [-0.4, -0.2) is 85.9 Å². The molecule has 0 aliphatic rings. The van der Waals surface area contributed by atoms with Crippen LogP contribution in [0.1, 0.15) is 2.85 Å². The summed E-state index contributed by atoms with van der Waals surface area (Å²) >= 11 is -3.29. The Hall–Kier alpha value is 1.59. The topological polar surface area (TPSA) is 132 Å². The van der Waals surface area contributed by atoms with Crippen molar-refractivity contribution in [3.8, 4) is 0 Å². The number of hydrogen-bond acceptors (Lipinski definition) is 3. The number of rotatable bonds is 0. The summed E-state index contributed by atoms with van der Waals surface area (Å²) in [6.07, 6.45) is 0. The van der Waals surface area contributed by atoms with Crippen molar-refractivity contribution in [1.29, 1.82) is 0 Å². The summed E-state index contributed by atoms with van der Waals surface area (Å²) in [6, 6.07) is 0. The molecule has 0 fully saturated rings. The SMILES string of the molecule is O=S(=O)(O)O.O=[Se](O)O.[H-].[H-].[Sr+2]. The van der Waals surface area contributed by atoms with E-state index in [1.807, 2.05) is 0 Å². The molecule has 0 saturated carbocycles. The largest absolute Gasteiger partial charge is 2.00 e. The molecule has 0 amide bonds. The summed E-state index contributed by atoms with van der Waals surface area (Å²) in [5.74, 6) is 0. The van der Waals surface area contributed by atoms with E-state index in [0.717, 1.165) is 0 Å². The van der Waals surface area contributed by atoms with Crippen LogP contribution in [0.3, 0.4) is 0 Å². The van der Waals surface area contributed by atoms with Crippen molar-refractivity contribution in [1.82, 2.24) is 0 Å². The first kappa shape index (κ1) is 17.6. The molecule has 0 atom stereocenters. The summed E-state index contributed by atoms with van der Waals surface area (Å²) in [5.41, 5.74) is 0. The van der Waals surface area contributed by atoms with Gasteiger partial charge in [0.25, 0.3) is 0 Å². The van der Waals surface area contributed by atoms with Crippen LogP contribution in [0, 0.1) is 0 Å². The Bertz CT molecular complexity index is 164. The van der Waals surface area contributed by atoms with E-state index in [1.54, 1.807) is 0 Å². The Labute approximate surface area is 102 Å². The van der Waals surface area contributed by atoms with E-state index in [2.05, 4.69) is 0 Å². The van der Waals surface area contributed by atoms with Gasteiger partial charge in [-0.05, 0) is 0 Å². The molecule has 0 aliphatic carbocycles. The second kappa shape index (κ2) is 8.68. The molecule has 0 aliphatic heterocycles. The van der Waals surface area contributed by atoms with Gasteiger partial charge in [-0.1, -0.05) is 0 Å². The van der Waals surface area contributed by atoms with Crippen molar-refractivity contribution < 1.29 is 32.6 Å². The fourth-order valence-corrected chi connectivity index (χ4v) is 0. The van der Waals surface area contributed by atoms with Crippen LogP contribution < -0.4 is 0 Å².